The van der Waals surface area contributed by atoms with Crippen LogP contribution in [0, 0.1) is 0 Å². The van der Waals surface area contributed by atoms with Crippen LogP contribution in [0.15, 0.2) is 43.1 Å². The predicted octanol–water partition coefficient (Wildman–Crippen LogP) is 1.54. The first-order chi connectivity index (χ1) is 9.84. The SMILES string of the molecule is C[n+]1c2ccncc2n2cc3n(c21)Cc1cnccc1-3. The van der Waals surface area contributed by atoms with Crippen molar-refractivity contribution < 1.29 is 4.57 Å². The molecule has 1 aliphatic rings. The summed E-state index contributed by atoms with van der Waals surface area (Å²) < 4.78 is 6.78. The molecule has 5 rings (SSSR count). The van der Waals surface area contributed by atoms with Crippen LogP contribution in [0.4, 0.5) is 0 Å². The fourth-order valence-electron chi connectivity index (χ4n) is 3.31. The smallest absolute Gasteiger partial charge is 0.264 e. The summed E-state index contributed by atoms with van der Waals surface area (Å²) in [7, 11) is 2.10. The molecule has 0 saturated heterocycles. The van der Waals surface area contributed by atoms with Crippen LogP contribution >= 0.6 is 0 Å². The van der Waals surface area contributed by atoms with Crippen LogP contribution in [0.5, 0.6) is 0 Å². The van der Waals surface area contributed by atoms with E-state index in [2.05, 4.69) is 48.9 Å². The third-order valence-electron chi connectivity index (χ3n) is 4.21. The third kappa shape index (κ3) is 1.02. The van der Waals surface area contributed by atoms with Crippen molar-refractivity contribution in [2.24, 2.45) is 7.05 Å². The molecule has 0 atom stereocenters. The molecule has 0 fully saturated rings. The highest BCUT2D eigenvalue weighted by atomic mass is 15.3. The molecule has 5 nitrogen and oxygen atoms in total. The average Bonchev–Trinajstić information content (AvgIpc) is 3.09. The normalized spacial score (nSPS) is 13.1. The van der Waals surface area contributed by atoms with Gasteiger partial charge < -0.3 is 0 Å². The van der Waals surface area contributed by atoms with Gasteiger partial charge in [0.15, 0.2) is 5.52 Å². The molecule has 0 spiro atoms. The summed E-state index contributed by atoms with van der Waals surface area (Å²) in [6.07, 6.45) is 9.78. The van der Waals surface area contributed by atoms with E-state index < -0.39 is 0 Å². The van der Waals surface area contributed by atoms with Crippen molar-refractivity contribution in [3.63, 3.8) is 0 Å². The fraction of sp³-hybridized carbons (Fsp3) is 0.133. The van der Waals surface area contributed by atoms with Crippen LogP contribution < -0.4 is 4.57 Å². The molecule has 5 heterocycles. The van der Waals surface area contributed by atoms with Gasteiger partial charge in [-0.2, -0.15) is 4.40 Å². The first-order valence-corrected chi connectivity index (χ1v) is 6.61. The van der Waals surface area contributed by atoms with Gasteiger partial charge in [-0.15, -0.1) is 0 Å². The van der Waals surface area contributed by atoms with Crippen molar-refractivity contribution in [2.45, 2.75) is 6.54 Å². The van der Waals surface area contributed by atoms with Gasteiger partial charge in [-0.05, 0) is 12.1 Å². The van der Waals surface area contributed by atoms with Crippen molar-refractivity contribution in [1.29, 1.82) is 0 Å². The van der Waals surface area contributed by atoms with Crippen molar-refractivity contribution >= 4 is 16.8 Å². The molecule has 1 aliphatic heterocycles. The third-order valence-corrected chi connectivity index (χ3v) is 4.21. The molecule has 0 aromatic carbocycles. The Balaban J connectivity index is 1.97. The van der Waals surface area contributed by atoms with E-state index in [4.69, 9.17) is 0 Å². The lowest BCUT2D eigenvalue weighted by atomic mass is 10.1. The Morgan fingerprint density at radius 2 is 2.00 bits per heavy atom. The van der Waals surface area contributed by atoms with E-state index in [1.165, 1.54) is 28.1 Å². The molecule has 0 unspecified atom stereocenters. The molecule has 20 heavy (non-hydrogen) atoms. The number of aromatic nitrogens is 5. The number of nitrogens with zero attached hydrogens (tertiary/aromatic N) is 5. The highest BCUT2D eigenvalue weighted by molar-refractivity contribution is 5.78. The van der Waals surface area contributed by atoms with Gasteiger partial charge in [0.05, 0.1) is 19.8 Å². The number of imidazole rings is 2. The minimum atomic E-state index is 0.882. The van der Waals surface area contributed by atoms with Gasteiger partial charge >= 0.3 is 5.78 Å². The van der Waals surface area contributed by atoms with E-state index in [1.807, 2.05) is 24.8 Å². The first-order valence-electron chi connectivity index (χ1n) is 6.61. The Morgan fingerprint density at radius 3 is 2.95 bits per heavy atom. The zero-order chi connectivity index (χ0) is 13.3. The molecule has 0 bridgehead atoms. The molecule has 0 aliphatic carbocycles. The van der Waals surface area contributed by atoms with Crippen LogP contribution in [-0.4, -0.2) is 18.9 Å². The second-order valence-corrected chi connectivity index (χ2v) is 5.23. The van der Waals surface area contributed by atoms with Gasteiger partial charge in [-0.25, -0.2) is 9.13 Å². The molecule has 0 radical (unpaired) electrons. The molecule has 96 valence electrons. The summed E-state index contributed by atoms with van der Waals surface area (Å²) in [5, 5.41) is 0. The van der Waals surface area contributed by atoms with Crippen LogP contribution in [0.25, 0.3) is 28.1 Å². The fourth-order valence-corrected chi connectivity index (χ4v) is 3.31. The van der Waals surface area contributed by atoms with E-state index in [1.54, 1.807) is 0 Å². The molecule has 0 saturated carbocycles. The van der Waals surface area contributed by atoms with Gasteiger partial charge in [-0.3, -0.25) is 9.97 Å². The molecular weight excluding hydrogens is 250 g/mol. The largest absolute Gasteiger partial charge is 0.370 e. The molecule has 5 heteroatoms. The quantitative estimate of drug-likeness (QED) is 0.397. The van der Waals surface area contributed by atoms with Crippen LogP contribution in [0.2, 0.25) is 0 Å². The Morgan fingerprint density at radius 1 is 1.15 bits per heavy atom. The van der Waals surface area contributed by atoms with Gasteiger partial charge in [0, 0.05) is 29.7 Å². The monoisotopic (exact) mass is 262 g/mol. The van der Waals surface area contributed by atoms with E-state index in [-0.39, 0.29) is 0 Å². The van der Waals surface area contributed by atoms with Crippen molar-refractivity contribution in [3.05, 3.63) is 48.7 Å². The number of aryl methyl sites for hydroxylation is 1. The van der Waals surface area contributed by atoms with Gasteiger partial charge in [-0.1, -0.05) is 0 Å². The Kier molecular flexibility index (Phi) is 1.65. The predicted molar refractivity (Wildman–Crippen MR) is 74.2 cm³/mol. The lowest BCUT2D eigenvalue weighted by molar-refractivity contribution is -0.621. The zero-order valence-corrected chi connectivity index (χ0v) is 11.0. The number of rotatable bonds is 0. The molecule has 4 aromatic heterocycles. The summed E-state index contributed by atoms with van der Waals surface area (Å²) in [4.78, 5) is 8.48. The van der Waals surface area contributed by atoms with Gasteiger partial charge in [0.2, 0.25) is 0 Å². The van der Waals surface area contributed by atoms with Crippen molar-refractivity contribution in [2.75, 3.05) is 0 Å². The van der Waals surface area contributed by atoms with Crippen LogP contribution in [-0.2, 0) is 13.6 Å². The summed E-state index contributed by atoms with van der Waals surface area (Å²) in [5.41, 5.74) is 6.15. The molecule has 0 amide bonds. The first kappa shape index (κ1) is 10.1. The summed E-state index contributed by atoms with van der Waals surface area (Å²) in [6, 6.07) is 4.15. The second-order valence-electron chi connectivity index (χ2n) is 5.23. The lowest BCUT2D eigenvalue weighted by Crippen LogP contribution is -2.29. The zero-order valence-electron chi connectivity index (χ0n) is 11.0. The lowest BCUT2D eigenvalue weighted by Gasteiger charge is -1.93. The highest BCUT2D eigenvalue weighted by Crippen LogP contribution is 2.33. The van der Waals surface area contributed by atoms with E-state index in [0.717, 1.165) is 12.1 Å². The van der Waals surface area contributed by atoms with Crippen LogP contribution in [0.1, 0.15) is 5.56 Å². The standard InChI is InChI=1S/C15H12N5/c1-18-12-3-5-17-7-13(12)20-9-14-11-2-4-16-6-10(11)8-19(14)15(18)20/h2-7,9H,8H2,1H3/q+1. The number of pyridine rings is 2. The summed E-state index contributed by atoms with van der Waals surface area (Å²) >= 11 is 0. The van der Waals surface area contributed by atoms with Gasteiger partial charge in [0.1, 0.15) is 17.4 Å². The van der Waals surface area contributed by atoms with E-state index >= 15 is 0 Å². The highest BCUT2D eigenvalue weighted by Gasteiger charge is 2.30. The Bertz CT molecular complexity index is 992. The minimum absolute atomic E-state index is 0.882. The molecule has 0 N–H and O–H groups in total. The number of hydrogen-bond donors (Lipinski definition) is 0. The topological polar surface area (TPSA) is 39.0 Å². The second kappa shape index (κ2) is 3.25. The number of fused-ring (bicyclic) bond motifs is 7. The van der Waals surface area contributed by atoms with E-state index in [0.29, 0.717) is 0 Å². The maximum atomic E-state index is 4.25. The minimum Gasteiger partial charge on any atom is -0.264 e. The van der Waals surface area contributed by atoms with Gasteiger partial charge in [0.25, 0.3) is 0 Å². The van der Waals surface area contributed by atoms with Crippen molar-refractivity contribution in [1.82, 2.24) is 18.9 Å². The number of hydrogen-bond acceptors (Lipinski definition) is 2. The van der Waals surface area contributed by atoms with Crippen LogP contribution in [0.3, 0.4) is 0 Å². The average molecular weight is 262 g/mol. The molecule has 4 aromatic rings. The maximum absolute atomic E-state index is 4.25. The van der Waals surface area contributed by atoms with Crippen molar-refractivity contribution in [3.8, 4) is 11.3 Å². The molecular formula is C15H12N5+. The Hall–Kier alpha value is -2.69. The van der Waals surface area contributed by atoms with E-state index in [9.17, 15) is 0 Å². The summed E-state index contributed by atoms with van der Waals surface area (Å²) in [5.74, 6) is 1.18. The Labute approximate surface area is 114 Å². The summed E-state index contributed by atoms with van der Waals surface area (Å²) in [6.45, 7) is 0.882. The maximum Gasteiger partial charge on any atom is 0.370 e.